The van der Waals surface area contributed by atoms with Gasteiger partial charge in [-0.2, -0.15) is 0 Å². The zero-order valence-corrected chi connectivity index (χ0v) is 17.9. The smallest absolute Gasteiger partial charge is 0.0736 e. The van der Waals surface area contributed by atoms with Crippen molar-refractivity contribution in [3.05, 3.63) is 66.2 Å². The van der Waals surface area contributed by atoms with Crippen molar-refractivity contribution in [2.75, 3.05) is 38.5 Å². The van der Waals surface area contributed by atoms with Crippen molar-refractivity contribution in [3.63, 3.8) is 0 Å². The van der Waals surface area contributed by atoms with Crippen LogP contribution in [-0.4, -0.2) is 59.5 Å². The lowest BCUT2D eigenvalue weighted by molar-refractivity contribution is 0.0136. The van der Waals surface area contributed by atoms with Gasteiger partial charge in [-0.15, -0.1) is 11.8 Å². The second-order valence-electron chi connectivity index (χ2n) is 7.60. The van der Waals surface area contributed by atoms with E-state index in [1.165, 1.54) is 29.2 Å². The summed E-state index contributed by atoms with van der Waals surface area (Å²) in [7, 11) is 0. The Labute approximate surface area is 174 Å². The SMILES string of the molecule is CCCC(O)C(c1ccccc1)N1CCN(CCCSc2ccccc2)CC1. The zero-order chi connectivity index (χ0) is 19.6. The Morgan fingerprint density at radius 1 is 0.929 bits per heavy atom. The average Bonchev–Trinajstić information content (AvgIpc) is 2.74. The molecule has 1 heterocycles. The molecule has 2 aromatic rings. The molecule has 152 valence electrons. The molecule has 0 radical (unpaired) electrons. The predicted octanol–water partition coefficient (Wildman–Crippen LogP) is 4.69. The Bertz CT molecular complexity index is 659. The van der Waals surface area contributed by atoms with Crippen LogP contribution in [0.15, 0.2) is 65.6 Å². The van der Waals surface area contributed by atoms with Crippen LogP contribution in [0.2, 0.25) is 0 Å². The number of piperazine rings is 1. The van der Waals surface area contributed by atoms with E-state index in [2.05, 4.69) is 77.4 Å². The summed E-state index contributed by atoms with van der Waals surface area (Å²) in [5.41, 5.74) is 1.25. The van der Waals surface area contributed by atoms with E-state index in [9.17, 15) is 5.11 Å². The van der Waals surface area contributed by atoms with Crippen LogP contribution in [0.25, 0.3) is 0 Å². The van der Waals surface area contributed by atoms with Crippen LogP contribution in [0.1, 0.15) is 37.8 Å². The molecule has 2 unspecified atom stereocenters. The van der Waals surface area contributed by atoms with E-state index < -0.39 is 0 Å². The minimum Gasteiger partial charge on any atom is -0.391 e. The van der Waals surface area contributed by atoms with Gasteiger partial charge in [0.2, 0.25) is 0 Å². The van der Waals surface area contributed by atoms with Gasteiger partial charge in [-0.05, 0) is 42.8 Å². The van der Waals surface area contributed by atoms with Crippen LogP contribution in [0.3, 0.4) is 0 Å². The molecule has 0 aromatic heterocycles. The highest BCUT2D eigenvalue weighted by Gasteiger charge is 2.29. The first-order chi connectivity index (χ1) is 13.8. The molecule has 3 rings (SSSR count). The van der Waals surface area contributed by atoms with Crippen LogP contribution < -0.4 is 0 Å². The molecule has 2 aromatic carbocycles. The quantitative estimate of drug-likeness (QED) is 0.464. The van der Waals surface area contributed by atoms with Gasteiger partial charge in [0.05, 0.1) is 12.1 Å². The minimum atomic E-state index is -0.291. The van der Waals surface area contributed by atoms with Crippen LogP contribution in [0, 0.1) is 0 Å². The third kappa shape index (κ3) is 6.35. The van der Waals surface area contributed by atoms with Gasteiger partial charge in [-0.1, -0.05) is 61.9 Å². The summed E-state index contributed by atoms with van der Waals surface area (Å²) in [6, 6.07) is 21.3. The molecule has 1 aliphatic heterocycles. The number of aliphatic hydroxyl groups excluding tert-OH is 1. The van der Waals surface area contributed by atoms with E-state index in [1.807, 2.05) is 11.8 Å². The first-order valence-corrected chi connectivity index (χ1v) is 11.6. The van der Waals surface area contributed by atoms with Gasteiger partial charge in [0.15, 0.2) is 0 Å². The lowest BCUT2D eigenvalue weighted by Gasteiger charge is -2.41. The van der Waals surface area contributed by atoms with Gasteiger partial charge < -0.3 is 10.0 Å². The number of rotatable bonds is 10. The summed E-state index contributed by atoms with van der Waals surface area (Å²) in [6.07, 6.45) is 2.81. The van der Waals surface area contributed by atoms with E-state index in [0.717, 1.165) is 39.0 Å². The molecular weight excluding hydrogens is 364 g/mol. The molecule has 0 bridgehead atoms. The molecule has 1 fully saturated rings. The molecular formula is C24H34N2OS. The van der Waals surface area contributed by atoms with Crippen molar-refractivity contribution in [1.82, 2.24) is 9.80 Å². The van der Waals surface area contributed by atoms with E-state index in [-0.39, 0.29) is 12.1 Å². The minimum absolute atomic E-state index is 0.122. The molecule has 0 saturated carbocycles. The van der Waals surface area contributed by atoms with Crippen molar-refractivity contribution >= 4 is 11.8 Å². The number of aliphatic hydroxyl groups is 1. The molecule has 1 aliphatic rings. The lowest BCUT2D eigenvalue weighted by Crippen LogP contribution is -2.50. The first kappa shape index (κ1) is 21.4. The zero-order valence-electron chi connectivity index (χ0n) is 17.0. The number of thioether (sulfide) groups is 1. The fraction of sp³-hybridized carbons (Fsp3) is 0.500. The maximum absolute atomic E-state index is 10.8. The van der Waals surface area contributed by atoms with Crippen LogP contribution >= 0.6 is 11.8 Å². The summed E-state index contributed by atoms with van der Waals surface area (Å²) in [5, 5.41) is 10.8. The highest BCUT2D eigenvalue weighted by molar-refractivity contribution is 7.99. The number of hydrogen-bond acceptors (Lipinski definition) is 4. The van der Waals surface area contributed by atoms with Crippen LogP contribution in [0.4, 0.5) is 0 Å². The van der Waals surface area contributed by atoms with E-state index >= 15 is 0 Å². The molecule has 1 saturated heterocycles. The number of nitrogens with zero attached hydrogens (tertiary/aromatic N) is 2. The summed E-state index contributed by atoms with van der Waals surface area (Å²) in [4.78, 5) is 6.43. The van der Waals surface area contributed by atoms with Gasteiger partial charge in [0.25, 0.3) is 0 Å². The maximum atomic E-state index is 10.8. The molecule has 3 nitrogen and oxygen atoms in total. The third-order valence-electron chi connectivity index (χ3n) is 5.52. The molecule has 28 heavy (non-hydrogen) atoms. The monoisotopic (exact) mass is 398 g/mol. The molecule has 4 heteroatoms. The lowest BCUT2D eigenvalue weighted by atomic mass is 9.96. The second-order valence-corrected chi connectivity index (χ2v) is 8.77. The van der Waals surface area contributed by atoms with Gasteiger partial charge >= 0.3 is 0 Å². The van der Waals surface area contributed by atoms with Crippen molar-refractivity contribution in [3.8, 4) is 0 Å². The molecule has 2 atom stereocenters. The van der Waals surface area contributed by atoms with E-state index in [4.69, 9.17) is 0 Å². The van der Waals surface area contributed by atoms with E-state index in [0.29, 0.717) is 0 Å². The summed E-state index contributed by atoms with van der Waals surface area (Å²) >= 11 is 1.95. The van der Waals surface area contributed by atoms with Gasteiger partial charge in [0, 0.05) is 31.1 Å². The van der Waals surface area contributed by atoms with Crippen molar-refractivity contribution in [2.45, 2.75) is 43.2 Å². The fourth-order valence-corrected chi connectivity index (χ4v) is 4.90. The Morgan fingerprint density at radius 3 is 2.21 bits per heavy atom. The standard InChI is InChI=1S/C24H34N2OS/c1-2-10-23(27)24(21-11-5-3-6-12-21)26-18-16-25(17-19-26)15-9-20-28-22-13-7-4-8-14-22/h3-8,11-14,23-24,27H,2,9-10,15-20H2,1H3. The van der Waals surface area contributed by atoms with Crippen LogP contribution in [-0.2, 0) is 0 Å². The predicted molar refractivity (Wildman–Crippen MR) is 120 cm³/mol. The highest BCUT2D eigenvalue weighted by Crippen LogP contribution is 2.28. The largest absolute Gasteiger partial charge is 0.391 e. The van der Waals surface area contributed by atoms with Gasteiger partial charge in [0.1, 0.15) is 0 Å². The summed E-state index contributed by atoms with van der Waals surface area (Å²) < 4.78 is 0. The molecule has 0 aliphatic carbocycles. The average molecular weight is 399 g/mol. The molecule has 0 amide bonds. The van der Waals surface area contributed by atoms with Crippen LogP contribution in [0.5, 0.6) is 0 Å². The van der Waals surface area contributed by atoms with Crippen molar-refractivity contribution in [1.29, 1.82) is 0 Å². The highest BCUT2D eigenvalue weighted by atomic mass is 32.2. The number of benzene rings is 2. The van der Waals surface area contributed by atoms with Crippen molar-refractivity contribution < 1.29 is 5.11 Å². The Morgan fingerprint density at radius 2 is 1.57 bits per heavy atom. The van der Waals surface area contributed by atoms with E-state index in [1.54, 1.807) is 0 Å². The molecule has 1 N–H and O–H groups in total. The Balaban J connectivity index is 1.46. The molecule has 0 spiro atoms. The second kappa shape index (κ2) is 11.6. The Hall–Kier alpha value is -1.33. The fourth-order valence-electron chi connectivity index (χ4n) is 4.04. The topological polar surface area (TPSA) is 26.7 Å². The van der Waals surface area contributed by atoms with Gasteiger partial charge in [-0.25, -0.2) is 0 Å². The third-order valence-corrected chi connectivity index (χ3v) is 6.62. The maximum Gasteiger partial charge on any atom is 0.0736 e. The first-order valence-electron chi connectivity index (χ1n) is 10.6. The number of hydrogen-bond donors (Lipinski definition) is 1. The summed E-state index contributed by atoms with van der Waals surface area (Å²) in [6.45, 7) is 7.58. The van der Waals surface area contributed by atoms with Crippen molar-refractivity contribution in [2.24, 2.45) is 0 Å². The summed E-state index contributed by atoms with van der Waals surface area (Å²) in [5.74, 6) is 1.17. The normalized spacial score (nSPS) is 18.1. The van der Waals surface area contributed by atoms with Gasteiger partial charge in [-0.3, -0.25) is 4.90 Å². The Kier molecular flexibility index (Phi) is 8.87.